The summed E-state index contributed by atoms with van der Waals surface area (Å²) in [5.41, 5.74) is 0.962. The van der Waals surface area contributed by atoms with Crippen molar-refractivity contribution in [1.29, 1.82) is 0 Å². The predicted octanol–water partition coefficient (Wildman–Crippen LogP) is 2.27. The van der Waals surface area contributed by atoms with Crippen molar-refractivity contribution in [3.63, 3.8) is 0 Å². The molecule has 0 saturated carbocycles. The van der Waals surface area contributed by atoms with E-state index >= 15 is 0 Å². The summed E-state index contributed by atoms with van der Waals surface area (Å²) < 4.78 is 6.28. The molecule has 2 fully saturated rings. The third-order valence-corrected chi connectivity index (χ3v) is 5.78. The molecule has 23 heavy (non-hydrogen) atoms. The highest BCUT2D eigenvalue weighted by atomic mass is 79.9. The van der Waals surface area contributed by atoms with E-state index < -0.39 is 0 Å². The Morgan fingerprint density at radius 1 is 1.43 bits per heavy atom. The number of carbonyl (C=O) groups excluding carboxylic acids is 1. The number of ether oxygens (including phenoxy) is 1. The Morgan fingerprint density at radius 2 is 2.17 bits per heavy atom. The first-order chi connectivity index (χ1) is 11.0. The average Bonchev–Trinajstić information content (AvgIpc) is 2.83. The number of pyridine rings is 1. The van der Waals surface area contributed by atoms with Crippen molar-refractivity contribution in [2.45, 2.75) is 12.8 Å². The zero-order valence-electron chi connectivity index (χ0n) is 13.8. The van der Waals surface area contributed by atoms with Gasteiger partial charge in [0.1, 0.15) is 0 Å². The van der Waals surface area contributed by atoms with Crippen LogP contribution in [0.3, 0.4) is 0 Å². The van der Waals surface area contributed by atoms with Gasteiger partial charge in [-0.1, -0.05) is 0 Å². The lowest BCUT2D eigenvalue weighted by Gasteiger charge is -2.42. The second-order valence-electron chi connectivity index (χ2n) is 6.90. The van der Waals surface area contributed by atoms with E-state index in [1.807, 2.05) is 11.0 Å². The molecular formula is C17H24BrN3O2. The van der Waals surface area contributed by atoms with Gasteiger partial charge < -0.3 is 14.5 Å². The number of nitrogens with zero attached hydrogens (tertiary/aromatic N) is 3. The Balaban J connectivity index is 1.67. The van der Waals surface area contributed by atoms with Crippen LogP contribution in [-0.2, 0) is 4.74 Å². The molecule has 0 bridgehead atoms. The summed E-state index contributed by atoms with van der Waals surface area (Å²) in [7, 11) is 3.97. The molecule has 3 rings (SSSR count). The number of piperidine rings is 1. The number of aromatic nitrogens is 1. The molecule has 1 aromatic rings. The third-order valence-electron chi connectivity index (χ3n) is 5.35. The van der Waals surface area contributed by atoms with Gasteiger partial charge in [-0.25, -0.2) is 0 Å². The first-order valence-corrected chi connectivity index (χ1v) is 8.91. The highest BCUT2D eigenvalue weighted by molar-refractivity contribution is 9.10. The highest BCUT2D eigenvalue weighted by Gasteiger charge is 2.47. The Labute approximate surface area is 146 Å². The standard InChI is InChI=1S/C17H24BrN3O2/c1-20-10-14(11-23-2)17(12-20)3-5-21(6-4-17)16(22)13-7-15(18)9-19-8-13/h7-9,14H,3-6,10-12H2,1-2H3. The largest absolute Gasteiger partial charge is 0.384 e. The molecule has 1 spiro atoms. The molecule has 126 valence electrons. The van der Waals surface area contributed by atoms with Crippen LogP contribution in [-0.4, -0.2) is 67.6 Å². The van der Waals surface area contributed by atoms with Crippen molar-refractivity contribution in [3.8, 4) is 0 Å². The van der Waals surface area contributed by atoms with Crippen LogP contribution in [0.5, 0.6) is 0 Å². The molecule has 0 radical (unpaired) electrons. The molecule has 3 heterocycles. The molecule has 2 saturated heterocycles. The van der Waals surface area contributed by atoms with Gasteiger partial charge >= 0.3 is 0 Å². The van der Waals surface area contributed by atoms with Crippen LogP contribution in [0.15, 0.2) is 22.9 Å². The summed E-state index contributed by atoms with van der Waals surface area (Å²) >= 11 is 3.38. The lowest BCUT2D eigenvalue weighted by molar-refractivity contribution is 0.0324. The quantitative estimate of drug-likeness (QED) is 0.805. The SMILES string of the molecule is COCC1CN(C)CC12CCN(C(=O)c1cncc(Br)c1)CC2. The average molecular weight is 382 g/mol. The van der Waals surface area contributed by atoms with Gasteiger partial charge in [-0.15, -0.1) is 0 Å². The number of rotatable bonds is 3. The smallest absolute Gasteiger partial charge is 0.255 e. The number of carbonyl (C=O) groups is 1. The van der Waals surface area contributed by atoms with Crippen molar-refractivity contribution < 1.29 is 9.53 Å². The zero-order valence-corrected chi connectivity index (χ0v) is 15.4. The minimum absolute atomic E-state index is 0.0864. The number of methoxy groups -OCH3 is 1. The Morgan fingerprint density at radius 3 is 2.83 bits per heavy atom. The van der Waals surface area contributed by atoms with Gasteiger partial charge in [-0.2, -0.15) is 0 Å². The van der Waals surface area contributed by atoms with Gasteiger partial charge in [-0.3, -0.25) is 9.78 Å². The van der Waals surface area contributed by atoms with Crippen LogP contribution in [0, 0.1) is 11.3 Å². The van der Waals surface area contributed by atoms with E-state index in [9.17, 15) is 4.79 Å². The van der Waals surface area contributed by atoms with E-state index in [-0.39, 0.29) is 5.91 Å². The Kier molecular flexibility index (Phi) is 5.04. The lowest BCUT2D eigenvalue weighted by Crippen LogP contribution is -2.47. The fraction of sp³-hybridized carbons (Fsp3) is 0.647. The van der Waals surface area contributed by atoms with Gasteiger partial charge in [0.25, 0.3) is 5.91 Å². The number of halogens is 1. The number of hydrogen-bond acceptors (Lipinski definition) is 4. The van der Waals surface area contributed by atoms with E-state index in [1.54, 1.807) is 19.5 Å². The van der Waals surface area contributed by atoms with Crippen LogP contribution in [0.1, 0.15) is 23.2 Å². The fourth-order valence-corrected chi connectivity index (χ4v) is 4.53. The van der Waals surface area contributed by atoms with Crippen molar-refractivity contribution in [3.05, 3.63) is 28.5 Å². The first-order valence-electron chi connectivity index (χ1n) is 8.11. The topological polar surface area (TPSA) is 45.7 Å². The summed E-state index contributed by atoms with van der Waals surface area (Å²) in [5, 5.41) is 0. The summed E-state index contributed by atoms with van der Waals surface area (Å²) in [6.07, 6.45) is 5.46. The number of likely N-dealkylation sites (tertiary alicyclic amines) is 2. The fourth-order valence-electron chi connectivity index (χ4n) is 4.16. The van der Waals surface area contributed by atoms with Gasteiger partial charge in [0, 0.05) is 56.1 Å². The van der Waals surface area contributed by atoms with Crippen LogP contribution in [0.2, 0.25) is 0 Å². The zero-order chi connectivity index (χ0) is 16.4. The second-order valence-corrected chi connectivity index (χ2v) is 7.81. The van der Waals surface area contributed by atoms with Crippen LogP contribution < -0.4 is 0 Å². The van der Waals surface area contributed by atoms with E-state index in [4.69, 9.17) is 4.74 Å². The van der Waals surface area contributed by atoms with E-state index in [0.717, 1.165) is 50.1 Å². The normalized spacial score (nSPS) is 24.3. The molecule has 0 N–H and O–H groups in total. The summed E-state index contributed by atoms with van der Waals surface area (Å²) in [5.74, 6) is 0.658. The molecule has 0 aliphatic carbocycles. The van der Waals surface area contributed by atoms with Crippen LogP contribution >= 0.6 is 15.9 Å². The van der Waals surface area contributed by atoms with Gasteiger partial charge in [0.15, 0.2) is 0 Å². The summed E-state index contributed by atoms with van der Waals surface area (Å²) in [6, 6.07) is 1.84. The van der Waals surface area contributed by atoms with E-state index in [0.29, 0.717) is 16.9 Å². The first kappa shape index (κ1) is 16.9. The molecule has 1 aromatic heterocycles. The van der Waals surface area contributed by atoms with Gasteiger partial charge in [-0.05, 0) is 47.3 Å². The maximum absolute atomic E-state index is 12.7. The Bertz CT molecular complexity index is 573. The molecule has 0 aromatic carbocycles. The molecule has 1 unspecified atom stereocenters. The minimum atomic E-state index is 0.0864. The minimum Gasteiger partial charge on any atom is -0.384 e. The summed E-state index contributed by atoms with van der Waals surface area (Å²) in [6.45, 7) is 4.66. The molecular weight excluding hydrogens is 358 g/mol. The molecule has 2 aliphatic heterocycles. The maximum Gasteiger partial charge on any atom is 0.255 e. The van der Waals surface area contributed by atoms with Crippen molar-refractivity contribution >= 4 is 21.8 Å². The van der Waals surface area contributed by atoms with Crippen molar-refractivity contribution in [2.24, 2.45) is 11.3 Å². The Hall–Kier alpha value is -0.980. The molecule has 6 heteroatoms. The highest BCUT2D eigenvalue weighted by Crippen LogP contribution is 2.44. The van der Waals surface area contributed by atoms with E-state index in [2.05, 4.69) is 32.9 Å². The molecule has 1 amide bonds. The molecule has 1 atom stereocenters. The number of hydrogen-bond donors (Lipinski definition) is 0. The molecule has 2 aliphatic rings. The monoisotopic (exact) mass is 381 g/mol. The second kappa shape index (κ2) is 6.87. The predicted molar refractivity (Wildman–Crippen MR) is 92.4 cm³/mol. The van der Waals surface area contributed by atoms with Crippen LogP contribution in [0.25, 0.3) is 0 Å². The van der Waals surface area contributed by atoms with Gasteiger partial charge in [0.05, 0.1) is 12.2 Å². The van der Waals surface area contributed by atoms with Crippen molar-refractivity contribution in [1.82, 2.24) is 14.8 Å². The lowest BCUT2D eigenvalue weighted by atomic mass is 9.71. The maximum atomic E-state index is 12.7. The van der Waals surface area contributed by atoms with Crippen LogP contribution in [0.4, 0.5) is 0 Å². The van der Waals surface area contributed by atoms with Crippen molar-refractivity contribution in [2.75, 3.05) is 46.9 Å². The molecule has 5 nitrogen and oxygen atoms in total. The summed E-state index contributed by atoms with van der Waals surface area (Å²) in [4.78, 5) is 21.1. The van der Waals surface area contributed by atoms with E-state index in [1.165, 1.54) is 0 Å². The third kappa shape index (κ3) is 3.44. The van der Waals surface area contributed by atoms with Gasteiger partial charge in [0.2, 0.25) is 0 Å². The number of amides is 1.